The van der Waals surface area contributed by atoms with Gasteiger partial charge in [0.1, 0.15) is 0 Å². The number of carbonyl (C=O) groups excluding carboxylic acids is 1. The average Bonchev–Trinajstić information content (AvgIpc) is 3.39. The lowest BCUT2D eigenvalue weighted by Gasteiger charge is -2.33. The van der Waals surface area contributed by atoms with Gasteiger partial charge < -0.3 is 9.47 Å². The SMILES string of the molecule is Cc1ccc(C2c3cccn3-c3ccccc3CN2C(=O)C2CCCC2)cc1. The lowest BCUT2D eigenvalue weighted by atomic mass is 9.97. The molecular formula is C25H26N2O. The van der Waals surface area contributed by atoms with E-state index in [0.717, 1.165) is 12.8 Å². The van der Waals surface area contributed by atoms with E-state index in [1.54, 1.807) is 0 Å². The number of hydrogen-bond acceptors (Lipinski definition) is 1. The lowest BCUT2D eigenvalue weighted by Crippen LogP contribution is -2.38. The molecule has 2 aromatic carbocycles. The van der Waals surface area contributed by atoms with Crippen LogP contribution < -0.4 is 0 Å². The predicted molar refractivity (Wildman–Crippen MR) is 111 cm³/mol. The first-order valence-electron chi connectivity index (χ1n) is 10.3. The molecule has 1 fully saturated rings. The Bertz CT molecular complexity index is 995. The maximum Gasteiger partial charge on any atom is 0.226 e. The van der Waals surface area contributed by atoms with E-state index in [1.807, 2.05) is 0 Å². The number of amides is 1. The van der Waals surface area contributed by atoms with Crippen molar-refractivity contribution in [3.05, 3.63) is 89.2 Å². The summed E-state index contributed by atoms with van der Waals surface area (Å²) >= 11 is 0. The van der Waals surface area contributed by atoms with Crippen LogP contribution in [0.1, 0.15) is 54.1 Å². The van der Waals surface area contributed by atoms with Crippen molar-refractivity contribution in [1.29, 1.82) is 0 Å². The van der Waals surface area contributed by atoms with Gasteiger partial charge in [-0.3, -0.25) is 4.79 Å². The number of rotatable bonds is 2. The third-order valence-electron chi connectivity index (χ3n) is 6.34. The number of benzene rings is 2. The molecule has 1 saturated carbocycles. The second-order valence-electron chi connectivity index (χ2n) is 8.19. The Morgan fingerprint density at radius 2 is 1.68 bits per heavy atom. The Hall–Kier alpha value is -2.81. The van der Waals surface area contributed by atoms with Gasteiger partial charge in [-0.25, -0.2) is 0 Å². The van der Waals surface area contributed by atoms with Gasteiger partial charge in [-0.1, -0.05) is 60.9 Å². The van der Waals surface area contributed by atoms with Gasteiger partial charge in [-0.2, -0.15) is 0 Å². The van der Waals surface area contributed by atoms with E-state index in [0.29, 0.717) is 12.5 Å². The second-order valence-corrected chi connectivity index (χ2v) is 8.19. The minimum absolute atomic E-state index is 0.0592. The fraction of sp³-hybridized carbons (Fsp3) is 0.320. The van der Waals surface area contributed by atoms with E-state index >= 15 is 0 Å². The number of para-hydroxylation sites is 1. The molecule has 2 aliphatic rings. The minimum Gasteiger partial charge on any atom is -0.325 e. The lowest BCUT2D eigenvalue weighted by molar-refractivity contribution is -0.137. The number of hydrogen-bond donors (Lipinski definition) is 0. The summed E-state index contributed by atoms with van der Waals surface area (Å²) in [5.41, 5.74) is 5.98. The third-order valence-corrected chi connectivity index (χ3v) is 6.34. The molecule has 0 radical (unpaired) electrons. The Morgan fingerprint density at radius 3 is 2.46 bits per heavy atom. The molecular weight excluding hydrogens is 344 g/mol. The largest absolute Gasteiger partial charge is 0.325 e. The highest BCUT2D eigenvalue weighted by atomic mass is 16.2. The van der Waals surface area contributed by atoms with Crippen LogP contribution in [0.5, 0.6) is 0 Å². The summed E-state index contributed by atoms with van der Waals surface area (Å²) in [5, 5.41) is 0. The zero-order chi connectivity index (χ0) is 19.1. The molecule has 2 heterocycles. The smallest absolute Gasteiger partial charge is 0.226 e. The number of nitrogens with zero attached hydrogens (tertiary/aromatic N) is 2. The Balaban J connectivity index is 1.68. The topological polar surface area (TPSA) is 25.2 Å². The molecule has 1 unspecified atom stereocenters. The Morgan fingerprint density at radius 1 is 0.929 bits per heavy atom. The quantitative estimate of drug-likeness (QED) is 0.592. The van der Waals surface area contributed by atoms with Crippen LogP contribution in [0.15, 0.2) is 66.9 Å². The number of aromatic nitrogens is 1. The molecule has 3 nitrogen and oxygen atoms in total. The van der Waals surface area contributed by atoms with Crippen LogP contribution >= 0.6 is 0 Å². The zero-order valence-electron chi connectivity index (χ0n) is 16.3. The van der Waals surface area contributed by atoms with E-state index in [4.69, 9.17) is 0 Å². The standard InChI is InChI=1S/C25H26N2O/c1-18-12-14-19(15-13-18)24-23-11-6-16-26(23)22-10-5-4-9-21(22)17-27(24)25(28)20-7-2-3-8-20/h4-6,9-16,20,24H,2-3,7-8,17H2,1H3. The van der Waals surface area contributed by atoms with Crippen LogP contribution in [0.2, 0.25) is 0 Å². The van der Waals surface area contributed by atoms with Crippen molar-refractivity contribution in [2.75, 3.05) is 0 Å². The van der Waals surface area contributed by atoms with Gasteiger partial charge >= 0.3 is 0 Å². The molecule has 28 heavy (non-hydrogen) atoms. The van der Waals surface area contributed by atoms with Crippen LogP contribution in [0.25, 0.3) is 5.69 Å². The number of aryl methyl sites for hydroxylation is 1. The predicted octanol–water partition coefficient (Wildman–Crippen LogP) is 5.41. The van der Waals surface area contributed by atoms with Crippen molar-refractivity contribution in [2.45, 2.75) is 45.2 Å². The third kappa shape index (κ3) is 2.86. The summed E-state index contributed by atoms with van der Waals surface area (Å²) in [5.74, 6) is 0.481. The van der Waals surface area contributed by atoms with E-state index in [1.165, 1.54) is 40.9 Å². The molecule has 0 saturated heterocycles. The summed E-state index contributed by atoms with van der Waals surface area (Å²) in [6.07, 6.45) is 6.52. The maximum atomic E-state index is 13.7. The molecule has 0 N–H and O–H groups in total. The van der Waals surface area contributed by atoms with E-state index < -0.39 is 0 Å². The summed E-state index contributed by atoms with van der Waals surface area (Å²) in [7, 11) is 0. The minimum atomic E-state index is -0.0592. The van der Waals surface area contributed by atoms with Crippen molar-refractivity contribution < 1.29 is 4.79 Å². The van der Waals surface area contributed by atoms with Crippen molar-refractivity contribution >= 4 is 5.91 Å². The second kappa shape index (κ2) is 6.97. The Labute approximate surface area is 166 Å². The van der Waals surface area contributed by atoms with Crippen molar-refractivity contribution in [3.8, 4) is 5.69 Å². The van der Waals surface area contributed by atoms with Crippen molar-refractivity contribution in [1.82, 2.24) is 9.47 Å². The molecule has 3 aromatic rings. The molecule has 0 bridgehead atoms. The van der Waals surface area contributed by atoms with E-state index in [2.05, 4.69) is 83.3 Å². The first-order chi connectivity index (χ1) is 13.7. The molecule has 3 heteroatoms. The van der Waals surface area contributed by atoms with E-state index in [-0.39, 0.29) is 12.0 Å². The highest BCUT2D eigenvalue weighted by Gasteiger charge is 2.36. The normalized spacial score (nSPS) is 19.2. The molecule has 1 aromatic heterocycles. The fourth-order valence-electron chi connectivity index (χ4n) is 4.86. The maximum absolute atomic E-state index is 13.7. The first kappa shape index (κ1) is 17.3. The highest BCUT2D eigenvalue weighted by Crippen LogP contribution is 2.39. The van der Waals surface area contributed by atoms with Crippen LogP contribution in [0, 0.1) is 12.8 Å². The van der Waals surface area contributed by atoms with E-state index in [9.17, 15) is 4.79 Å². The molecule has 1 atom stereocenters. The summed E-state index contributed by atoms with van der Waals surface area (Å²) in [4.78, 5) is 15.8. The monoisotopic (exact) mass is 370 g/mol. The van der Waals surface area contributed by atoms with Gasteiger partial charge in [-0.05, 0) is 49.1 Å². The van der Waals surface area contributed by atoms with Gasteiger partial charge in [0.2, 0.25) is 5.91 Å². The first-order valence-corrected chi connectivity index (χ1v) is 10.3. The molecule has 1 aliphatic heterocycles. The summed E-state index contributed by atoms with van der Waals surface area (Å²) in [6, 6.07) is 21.3. The van der Waals surface area contributed by atoms with Gasteiger partial charge in [0.05, 0.1) is 11.7 Å². The van der Waals surface area contributed by atoms with Crippen LogP contribution in [-0.4, -0.2) is 15.4 Å². The van der Waals surface area contributed by atoms with Gasteiger partial charge in [0.25, 0.3) is 0 Å². The van der Waals surface area contributed by atoms with Gasteiger partial charge in [-0.15, -0.1) is 0 Å². The molecule has 0 spiro atoms. The van der Waals surface area contributed by atoms with Crippen LogP contribution in [0.3, 0.4) is 0 Å². The number of fused-ring (bicyclic) bond motifs is 3. The van der Waals surface area contributed by atoms with Crippen molar-refractivity contribution in [2.24, 2.45) is 5.92 Å². The highest BCUT2D eigenvalue weighted by molar-refractivity contribution is 5.80. The van der Waals surface area contributed by atoms with Crippen LogP contribution in [-0.2, 0) is 11.3 Å². The molecule has 5 rings (SSSR count). The molecule has 142 valence electrons. The molecule has 1 aliphatic carbocycles. The zero-order valence-corrected chi connectivity index (χ0v) is 16.3. The average molecular weight is 370 g/mol. The Kier molecular flexibility index (Phi) is 4.31. The van der Waals surface area contributed by atoms with Crippen LogP contribution in [0.4, 0.5) is 0 Å². The summed E-state index contributed by atoms with van der Waals surface area (Å²) < 4.78 is 2.27. The fourth-order valence-corrected chi connectivity index (χ4v) is 4.86. The summed E-state index contributed by atoms with van der Waals surface area (Å²) in [6.45, 7) is 2.77. The number of carbonyl (C=O) groups is 1. The van der Waals surface area contributed by atoms with Gasteiger partial charge in [0, 0.05) is 24.4 Å². The molecule has 1 amide bonds. The van der Waals surface area contributed by atoms with Gasteiger partial charge in [0.15, 0.2) is 0 Å². The van der Waals surface area contributed by atoms with Crippen molar-refractivity contribution in [3.63, 3.8) is 0 Å².